The van der Waals surface area contributed by atoms with Crippen LogP contribution in [0.1, 0.15) is 17.3 Å². The summed E-state index contributed by atoms with van der Waals surface area (Å²) in [7, 11) is 0. The van der Waals surface area contributed by atoms with Crippen LogP contribution in [0.25, 0.3) is 0 Å². The van der Waals surface area contributed by atoms with Gasteiger partial charge in [0.25, 0.3) is 5.91 Å². The van der Waals surface area contributed by atoms with Crippen molar-refractivity contribution in [3.8, 4) is 0 Å². The Morgan fingerprint density at radius 1 is 1.47 bits per heavy atom. The molecule has 0 atom stereocenters. The largest absolute Gasteiger partial charge is 0.380 e. The Morgan fingerprint density at radius 2 is 2.18 bits per heavy atom. The molecule has 0 aliphatic carbocycles. The highest BCUT2D eigenvalue weighted by molar-refractivity contribution is 6.35. The van der Waals surface area contributed by atoms with E-state index in [9.17, 15) is 4.79 Å². The number of hydrogen-bond acceptors (Lipinski definition) is 2. The van der Waals surface area contributed by atoms with Crippen LogP contribution in [0.3, 0.4) is 0 Å². The summed E-state index contributed by atoms with van der Waals surface area (Å²) in [5.74, 6) is -0.203. The molecule has 1 aliphatic heterocycles. The van der Waals surface area contributed by atoms with Gasteiger partial charge in [-0.3, -0.25) is 4.79 Å². The molecule has 3 nitrogen and oxygen atoms in total. The molecule has 5 heteroatoms. The van der Waals surface area contributed by atoms with Crippen molar-refractivity contribution in [3.05, 3.63) is 33.8 Å². The van der Waals surface area contributed by atoms with E-state index in [0.29, 0.717) is 35.4 Å². The van der Waals surface area contributed by atoms with E-state index in [2.05, 4.69) is 12.2 Å². The molecular weight excluding hydrogens is 261 g/mol. The third-order valence-corrected chi connectivity index (χ3v) is 3.31. The summed E-state index contributed by atoms with van der Waals surface area (Å²) >= 11 is 11.8. The van der Waals surface area contributed by atoms with Crippen LogP contribution < -0.4 is 5.32 Å². The zero-order valence-corrected chi connectivity index (χ0v) is 10.9. The Labute approximate surface area is 110 Å². The number of amides is 1. The van der Waals surface area contributed by atoms with Gasteiger partial charge in [0, 0.05) is 17.0 Å². The van der Waals surface area contributed by atoms with Crippen LogP contribution in [-0.4, -0.2) is 25.7 Å². The van der Waals surface area contributed by atoms with Gasteiger partial charge in [-0.2, -0.15) is 0 Å². The number of nitrogens with one attached hydrogen (secondary N) is 1. The molecule has 17 heavy (non-hydrogen) atoms. The molecule has 92 valence electrons. The van der Waals surface area contributed by atoms with Crippen LogP contribution in [0.15, 0.2) is 18.2 Å². The minimum Gasteiger partial charge on any atom is -0.380 e. The van der Waals surface area contributed by atoms with Gasteiger partial charge in [0.2, 0.25) is 0 Å². The molecule has 0 saturated carbocycles. The number of benzene rings is 1. The summed E-state index contributed by atoms with van der Waals surface area (Å²) < 4.78 is 5.12. The molecule has 0 spiro atoms. The van der Waals surface area contributed by atoms with Crippen molar-refractivity contribution in [1.29, 1.82) is 0 Å². The van der Waals surface area contributed by atoms with Gasteiger partial charge in [0.05, 0.1) is 23.8 Å². The number of carbonyl (C=O) groups is 1. The van der Waals surface area contributed by atoms with E-state index < -0.39 is 0 Å². The topological polar surface area (TPSA) is 38.3 Å². The molecule has 1 aromatic carbocycles. The third kappa shape index (κ3) is 2.92. The molecule has 0 aromatic heterocycles. The SMILES string of the molecule is CC1(CNC(=O)c2cc(Cl)ccc2Cl)COC1. The predicted octanol–water partition coefficient (Wildman–Crippen LogP) is 2.76. The Balaban J connectivity index is 2.01. The minimum atomic E-state index is -0.203. The van der Waals surface area contributed by atoms with Crippen molar-refractivity contribution < 1.29 is 9.53 Å². The fraction of sp³-hybridized carbons (Fsp3) is 0.417. The van der Waals surface area contributed by atoms with Crippen molar-refractivity contribution in [2.24, 2.45) is 5.41 Å². The molecule has 2 rings (SSSR count). The number of ether oxygens (including phenoxy) is 1. The van der Waals surface area contributed by atoms with E-state index in [1.807, 2.05) is 0 Å². The first-order valence-electron chi connectivity index (χ1n) is 5.31. The molecular formula is C12H13Cl2NO2. The first kappa shape index (κ1) is 12.7. The van der Waals surface area contributed by atoms with Crippen LogP contribution in [0.2, 0.25) is 10.0 Å². The molecule has 1 aromatic rings. The van der Waals surface area contributed by atoms with Crippen LogP contribution in [0, 0.1) is 5.41 Å². The normalized spacial score (nSPS) is 17.4. The van der Waals surface area contributed by atoms with Gasteiger partial charge in [-0.25, -0.2) is 0 Å². The highest BCUT2D eigenvalue weighted by Crippen LogP contribution is 2.26. The average Bonchev–Trinajstić information content (AvgIpc) is 2.26. The first-order chi connectivity index (χ1) is 8.00. The maximum Gasteiger partial charge on any atom is 0.252 e. The minimum absolute atomic E-state index is 0.0424. The lowest BCUT2D eigenvalue weighted by Gasteiger charge is -2.38. The summed E-state index contributed by atoms with van der Waals surface area (Å²) in [6.07, 6.45) is 0. The molecule has 1 N–H and O–H groups in total. The van der Waals surface area contributed by atoms with Crippen molar-refractivity contribution in [1.82, 2.24) is 5.32 Å². The van der Waals surface area contributed by atoms with Crippen LogP contribution in [-0.2, 0) is 4.74 Å². The van der Waals surface area contributed by atoms with Gasteiger partial charge >= 0.3 is 0 Å². The van der Waals surface area contributed by atoms with Gasteiger partial charge in [0.1, 0.15) is 0 Å². The maximum atomic E-state index is 11.9. The fourth-order valence-corrected chi connectivity index (χ4v) is 1.99. The summed E-state index contributed by atoms with van der Waals surface area (Å²) in [5.41, 5.74) is 0.448. The molecule has 1 amide bonds. The molecule has 0 unspecified atom stereocenters. The number of hydrogen-bond donors (Lipinski definition) is 1. The van der Waals surface area contributed by atoms with E-state index >= 15 is 0 Å². The lowest BCUT2D eigenvalue weighted by molar-refractivity contribution is -0.0978. The Kier molecular flexibility index (Phi) is 3.61. The van der Waals surface area contributed by atoms with E-state index in [1.54, 1.807) is 18.2 Å². The van der Waals surface area contributed by atoms with Gasteiger partial charge in [-0.1, -0.05) is 30.1 Å². The Morgan fingerprint density at radius 3 is 2.76 bits per heavy atom. The highest BCUT2D eigenvalue weighted by Gasteiger charge is 2.33. The molecule has 0 radical (unpaired) electrons. The average molecular weight is 274 g/mol. The molecule has 0 bridgehead atoms. The second-order valence-corrected chi connectivity index (χ2v) is 5.45. The molecule has 1 fully saturated rings. The zero-order chi connectivity index (χ0) is 12.5. The molecule has 1 aliphatic rings. The quantitative estimate of drug-likeness (QED) is 0.920. The predicted molar refractivity (Wildman–Crippen MR) is 67.7 cm³/mol. The number of carbonyl (C=O) groups excluding carboxylic acids is 1. The summed E-state index contributed by atoms with van der Waals surface area (Å²) in [5, 5.41) is 3.75. The first-order valence-corrected chi connectivity index (χ1v) is 6.07. The van der Waals surface area contributed by atoms with Gasteiger partial charge < -0.3 is 10.1 Å². The second kappa shape index (κ2) is 4.84. The van der Waals surface area contributed by atoms with Crippen LogP contribution in [0.5, 0.6) is 0 Å². The van der Waals surface area contributed by atoms with E-state index in [0.717, 1.165) is 0 Å². The standard InChI is InChI=1S/C12H13Cl2NO2/c1-12(6-17-7-12)5-15-11(16)9-4-8(13)2-3-10(9)14/h2-4H,5-7H2,1H3,(H,15,16). The second-order valence-electron chi connectivity index (χ2n) is 4.61. The zero-order valence-electron chi connectivity index (χ0n) is 9.43. The van der Waals surface area contributed by atoms with Crippen molar-refractivity contribution >= 4 is 29.1 Å². The fourth-order valence-electron chi connectivity index (χ4n) is 1.61. The van der Waals surface area contributed by atoms with E-state index in [1.165, 1.54) is 0 Å². The summed E-state index contributed by atoms with van der Waals surface area (Å²) in [4.78, 5) is 11.9. The van der Waals surface area contributed by atoms with Gasteiger partial charge in [0.15, 0.2) is 0 Å². The molecule has 1 saturated heterocycles. The Hall–Kier alpha value is -0.770. The van der Waals surface area contributed by atoms with Crippen LogP contribution in [0.4, 0.5) is 0 Å². The van der Waals surface area contributed by atoms with Crippen molar-refractivity contribution in [3.63, 3.8) is 0 Å². The third-order valence-electron chi connectivity index (χ3n) is 2.75. The summed E-state index contributed by atoms with van der Waals surface area (Å²) in [6, 6.07) is 4.84. The van der Waals surface area contributed by atoms with Crippen molar-refractivity contribution in [2.45, 2.75) is 6.92 Å². The van der Waals surface area contributed by atoms with Crippen LogP contribution >= 0.6 is 23.2 Å². The number of rotatable bonds is 3. The summed E-state index contributed by atoms with van der Waals surface area (Å²) in [6.45, 7) is 4.00. The monoisotopic (exact) mass is 273 g/mol. The van der Waals surface area contributed by atoms with E-state index in [-0.39, 0.29) is 11.3 Å². The lowest BCUT2D eigenvalue weighted by Crippen LogP contribution is -2.48. The lowest BCUT2D eigenvalue weighted by atomic mass is 9.88. The molecule has 1 heterocycles. The smallest absolute Gasteiger partial charge is 0.252 e. The van der Waals surface area contributed by atoms with E-state index in [4.69, 9.17) is 27.9 Å². The Bertz CT molecular complexity index is 444. The van der Waals surface area contributed by atoms with Crippen molar-refractivity contribution in [2.75, 3.05) is 19.8 Å². The van der Waals surface area contributed by atoms with Gasteiger partial charge in [-0.05, 0) is 18.2 Å². The maximum absolute atomic E-state index is 11.9. The number of halogens is 2. The van der Waals surface area contributed by atoms with Gasteiger partial charge in [-0.15, -0.1) is 0 Å². The highest BCUT2D eigenvalue weighted by atomic mass is 35.5.